The van der Waals surface area contributed by atoms with Crippen LogP contribution in [0.1, 0.15) is 22.7 Å². The van der Waals surface area contributed by atoms with Crippen molar-refractivity contribution in [1.29, 1.82) is 0 Å². The van der Waals surface area contributed by atoms with Crippen molar-refractivity contribution in [2.24, 2.45) is 5.92 Å². The molecule has 1 fully saturated rings. The summed E-state index contributed by atoms with van der Waals surface area (Å²) in [6, 6.07) is 12.1. The molecule has 1 aliphatic heterocycles. The number of urea groups is 1. The minimum Gasteiger partial charge on any atom is -0.330 e. The highest BCUT2D eigenvalue weighted by Gasteiger charge is 2.37. The molecule has 2 aromatic carbocycles. The first-order chi connectivity index (χ1) is 12.3. The van der Waals surface area contributed by atoms with Gasteiger partial charge < -0.3 is 16.0 Å². The van der Waals surface area contributed by atoms with Gasteiger partial charge in [-0.3, -0.25) is 4.79 Å². The molecule has 0 unspecified atom stereocenters. The molecule has 1 saturated heterocycles. The van der Waals surface area contributed by atoms with Crippen LogP contribution in [0.3, 0.4) is 0 Å². The van der Waals surface area contributed by atoms with Gasteiger partial charge in [-0.1, -0.05) is 54.1 Å². The molecule has 3 amide bonds. The molecule has 0 radical (unpaired) electrons. The molecular weight excluding hydrogens is 350 g/mol. The lowest BCUT2D eigenvalue weighted by atomic mass is 9.88. The third-order valence-corrected chi connectivity index (χ3v) is 4.68. The third-order valence-electron chi connectivity index (χ3n) is 4.45. The van der Waals surface area contributed by atoms with Crippen LogP contribution in [0.4, 0.5) is 10.5 Å². The number of benzene rings is 2. The molecule has 3 rings (SSSR count). The molecule has 0 aromatic heterocycles. The van der Waals surface area contributed by atoms with E-state index in [1.54, 1.807) is 12.1 Å². The summed E-state index contributed by atoms with van der Waals surface area (Å²) in [5.74, 6) is -0.924. The van der Waals surface area contributed by atoms with Crippen molar-refractivity contribution >= 4 is 29.2 Å². The van der Waals surface area contributed by atoms with Crippen LogP contribution in [-0.4, -0.2) is 11.9 Å². The number of nitrogens with one attached hydrogen (secondary N) is 3. The molecule has 1 heterocycles. The van der Waals surface area contributed by atoms with Crippen LogP contribution in [0.15, 0.2) is 54.7 Å². The number of hydrogen-bond acceptors (Lipinski definition) is 2. The summed E-state index contributed by atoms with van der Waals surface area (Å²) >= 11 is 6.04. The highest BCUT2D eigenvalue weighted by atomic mass is 35.5. The number of rotatable bonds is 3. The second-order valence-electron chi connectivity index (χ2n) is 6.44. The second-order valence-corrected chi connectivity index (χ2v) is 6.87. The van der Waals surface area contributed by atoms with E-state index >= 15 is 0 Å². The van der Waals surface area contributed by atoms with Crippen LogP contribution in [-0.2, 0) is 4.79 Å². The number of halogens is 1. The van der Waals surface area contributed by atoms with Gasteiger partial charge in [-0.2, -0.15) is 0 Å². The molecule has 26 heavy (non-hydrogen) atoms. The van der Waals surface area contributed by atoms with Crippen molar-refractivity contribution in [3.8, 4) is 0 Å². The summed E-state index contributed by atoms with van der Waals surface area (Å²) < 4.78 is 0. The van der Waals surface area contributed by atoms with Crippen LogP contribution in [0.5, 0.6) is 0 Å². The van der Waals surface area contributed by atoms with Crippen molar-refractivity contribution in [3.63, 3.8) is 0 Å². The van der Waals surface area contributed by atoms with Crippen LogP contribution >= 0.6 is 11.6 Å². The molecule has 134 valence electrons. The van der Waals surface area contributed by atoms with E-state index in [-0.39, 0.29) is 11.9 Å². The largest absolute Gasteiger partial charge is 0.330 e. The Hall–Kier alpha value is -2.79. The number of carbonyl (C=O) groups is 2. The highest BCUT2D eigenvalue weighted by molar-refractivity contribution is 6.31. The van der Waals surface area contributed by atoms with Crippen LogP contribution in [0.2, 0.25) is 5.02 Å². The Kier molecular flexibility index (Phi) is 5.00. The fourth-order valence-corrected chi connectivity index (χ4v) is 3.16. The van der Waals surface area contributed by atoms with E-state index in [2.05, 4.69) is 22.5 Å². The van der Waals surface area contributed by atoms with Crippen LogP contribution in [0, 0.1) is 19.8 Å². The van der Waals surface area contributed by atoms with Crippen molar-refractivity contribution < 1.29 is 9.59 Å². The summed E-state index contributed by atoms with van der Waals surface area (Å²) in [4.78, 5) is 24.9. The van der Waals surface area contributed by atoms with Crippen molar-refractivity contribution in [2.45, 2.75) is 19.9 Å². The maximum Gasteiger partial charge on any atom is 0.319 e. The van der Waals surface area contributed by atoms with Gasteiger partial charge >= 0.3 is 6.03 Å². The van der Waals surface area contributed by atoms with Gasteiger partial charge in [-0.05, 0) is 37.1 Å². The molecule has 5 nitrogen and oxygen atoms in total. The van der Waals surface area contributed by atoms with E-state index in [4.69, 9.17) is 11.6 Å². The third kappa shape index (κ3) is 3.73. The lowest BCUT2D eigenvalue weighted by Crippen LogP contribution is -2.51. The van der Waals surface area contributed by atoms with E-state index < -0.39 is 12.0 Å². The predicted molar refractivity (Wildman–Crippen MR) is 103 cm³/mol. The topological polar surface area (TPSA) is 70.2 Å². The van der Waals surface area contributed by atoms with Gasteiger partial charge in [-0.25, -0.2) is 4.79 Å². The van der Waals surface area contributed by atoms with E-state index in [1.165, 1.54) is 0 Å². The van der Waals surface area contributed by atoms with Gasteiger partial charge in [0.05, 0.1) is 6.04 Å². The quantitative estimate of drug-likeness (QED) is 0.762. The number of carbonyl (C=O) groups excluding carboxylic acids is 2. The van der Waals surface area contributed by atoms with Crippen molar-refractivity contribution in [1.82, 2.24) is 10.6 Å². The Bertz CT molecular complexity index is 877. The standard InChI is InChI=1S/C20H20ClN3O2/c1-11-4-7-14(8-5-11)18-17(13(3)22-20(26)24-18)19(25)23-16-10-15(21)9-6-12(16)2/h4-10,17-18H,3H2,1-2H3,(H,23,25)(H2,22,24,26)/t17-,18+/m0/s1. The molecule has 0 aliphatic carbocycles. The average molecular weight is 370 g/mol. The maximum atomic E-state index is 13.0. The minimum atomic E-state index is -0.659. The van der Waals surface area contributed by atoms with Crippen molar-refractivity contribution in [3.05, 3.63) is 76.5 Å². The van der Waals surface area contributed by atoms with E-state index in [0.29, 0.717) is 16.4 Å². The normalized spacial score (nSPS) is 19.5. The molecule has 6 heteroatoms. The zero-order valence-electron chi connectivity index (χ0n) is 14.6. The fraction of sp³-hybridized carbons (Fsp3) is 0.200. The molecule has 3 N–H and O–H groups in total. The zero-order valence-corrected chi connectivity index (χ0v) is 15.4. The summed E-state index contributed by atoms with van der Waals surface area (Å²) in [6.07, 6.45) is 0. The Labute approximate surface area is 157 Å². The van der Waals surface area contributed by atoms with Gasteiger partial charge in [-0.15, -0.1) is 0 Å². The number of anilines is 1. The Morgan fingerprint density at radius 3 is 2.54 bits per heavy atom. The van der Waals surface area contributed by atoms with Crippen molar-refractivity contribution in [2.75, 3.05) is 5.32 Å². The van der Waals surface area contributed by atoms with E-state index in [1.807, 2.05) is 44.2 Å². The minimum absolute atomic E-state index is 0.265. The van der Waals surface area contributed by atoms with Gasteiger partial charge in [0.25, 0.3) is 0 Å². The molecule has 2 atom stereocenters. The first-order valence-corrected chi connectivity index (χ1v) is 8.63. The summed E-state index contributed by atoms with van der Waals surface area (Å²) in [6.45, 7) is 7.75. The number of hydrogen-bond donors (Lipinski definition) is 3. The summed E-state index contributed by atoms with van der Waals surface area (Å²) in [5.41, 5.74) is 3.83. The maximum absolute atomic E-state index is 13.0. The SMILES string of the molecule is C=C1NC(=O)N[C@H](c2ccc(C)cc2)[C@H]1C(=O)Nc1cc(Cl)ccc1C. The summed E-state index contributed by atoms with van der Waals surface area (Å²) in [5, 5.41) is 8.87. The fourth-order valence-electron chi connectivity index (χ4n) is 2.98. The smallest absolute Gasteiger partial charge is 0.319 e. The van der Waals surface area contributed by atoms with Gasteiger partial charge in [0.1, 0.15) is 5.92 Å². The average Bonchev–Trinajstić information content (AvgIpc) is 2.58. The lowest BCUT2D eigenvalue weighted by molar-refractivity contribution is -0.119. The Morgan fingerprint density at radius 1 is 1.15 bits per heavy atom. The van der Waals surface area contributed by atoms with E-state index in [0.717, 1.165) is 16.7 Å². The Balaban J connectivity index is 1.91. The van der Waals surface area contributed by atoms with Gasteiger partial charge in [0.15, 0.2) is 0 Å². The molecule has 0 bridgehead atoms. The van der Waals surface area contributed by atoms with E-state index in [9.17, 15) is 9.59 Å². The number of aryl methyl sites for hydroxylation is 2. The Morgan fingerprint density at radius 2 is 1.85 bits per heavy atom. The molecule has 0 saturated carbocycles. The predicted octanol–water partition coefficient (Wildman–Crippen LogP) is 4.08. The highest BCUT2D eigenvalue weighted by Crippen LogP contribution is 2.31. The monoisotopic (exact) mass is 369 g/mol. The lowest BCUT2D eigenvalue weighted by Gasteiger charge is -2.34. The molecular formula is C20H20ClN3O2. The number of amides is 3. The first kappa shape index (κ1) is 18.0. The summed E-state index contributed by atoms with van der Waals surface area (Å²) in [7, 11) is 0. The second kappa shape index (κ2) is 7.22. The molecule has 2 aromatic rings. The molecule has 1 aliphatic rings. The van der Waals surface area contributed by atoms with Crippen LogP contribution in [0.25, 0.3) is 0 Å². The van der Waals surface area contributed by atoms with Gasteiger partial charge in [0.2, 0.25) is 5.91 Å². The van der Waals surface area contributed by atoms with Gasteiger partial charge in [0, 0.05) is 16.4 Å². The zero-order chi connectivity index (χ0) is 18.8. The van der Waals surface area contributed by atoms with Crippen LogP contribution < -0.4 is 16.0 Å². The molecule has 0 spiro atoms. The first-order valence-electron chi connectivity index (χ1n) is 8.25.